The van der Waals surface area contributed by atoms with Gasteiger partial charge in [0.2, 0.25) is 0 Å². The lowest BCUT2D eigenvalue weighted by Gasteiger charge is -2.39. The minimum atomic E-state index is -3.06. The van der Waals surface area contributed by atoms with E-state index in [4.69, 9.17) is 4.74 Å². The van der Waals surface area contributed by atoms with Gasteiger partial charge in [-0.15, -0.1) is 0 Å². The molecular weight excluding hydrogens is 298 g/mol. The Morgan fingerprint density at radius 2 is 1.64 bits per heavy atom. The molecule has 0 aromatic rings. The molecule has 2 saturated carbocycles. The maximum Gasteiger partial charge on any atom is 0.154 e. The molecule has 0 aromatic carbocycles. The molecule has 0 bridgehead atoms. The van der Waals surface area contributed by atoms with Crippen molar-refractivity contribution in [3.05, 3.63) is 0 Å². The minimum Gasteiger partial charge on any atom is -0.381 e. The molecule has 5 heteroatoms. The molecular formula is C17H31NO3S. The van der Waals surface area contributed by atoms with Crippen molar-refractivity contribution in [2.24, 2.45) is 11.8 Å². The molecule has 0 aromatic heterocycles. The number of ether oxygens (including phenoxy) is 1. The highest BCUT2D eigenvalue weighted by Crippen LogP contribution is 2.41. The molecule has 128 valence electrons. The fraction of sp³-hybridized carbons (Fsp3) is 1.00. The van der Waals surface area contributed by atoms with E-state index < -0.39 is 14.6 Å². The molecule has 1 N–H and O–H groups in total. The average molecular weight is 330 g/mol. The molecule has 1 atom stereocenters. The quantitative estimate of drug-likeness (QED) is 0.813. The summed E-state index contributed by atoms with van der Waals surface area (Å²) in [4.78, 5) is 0. The standard InChI is InChI=1S/C17H31NO3S/c1-22(19,20)17(9-11-21-12-10-17)13-18-16(15-7-8-15)14-5-3-2-4-6-14/h14-16,18H,2-13H2,1H3. The van der Waals surface area contributed by atoms with Crippen LogP contribution in [-0.4, -0.2) is 45.2 Å². The van der Waals surface area contributed by atoms with Crippen molar-refractivity contribution in [2.45, 2.75) is 68.6 Å². The summed E-state index contributed by atoms with van der Waals surface area (Å²) < 4.78 is 29.6. The summed E-state index contributed by atoms with van der Waals surface area (Å²) in [6.45, 7) is 1.77. The minimum absolute atomic E-state index is 0.543. The van der Waals surface area contributed by atoms with Crippen LogP contribution in [0.5, 0.6) is 0 Å². The summed E-state index contributed by atoms with van der Waals surface area (Å²) in [5.41, 5.74) is 0. The summed E-state index contributed by atoms with van der Waals surface area (Å²) in [5, 5.41) is 3.73. The van der Waals surface area contributed by atoms with E-state index in [0.717, 1.165) is 11.8 Å². The third-order valence-corrected chi connectivity index (χ3v) is 8.26. The topological polar surface area (TPSA) is 55.4 Å². The maximum atomic E-state index is 12.4. The van der Waals surface area contributed by atoms with Crippen molar-refractivity contribution in [2.75, 3.05) is 26.0 Å². The van der Waals surface area contributed by atoms with Gasteiger partial charge in [-0.2, -0.15) is 0 Å². The number of hydrogen-bond donors (Lipinski definition) is 1. The van der Waals surface area contributed by atoms with Crippen molar-refractivity contribution in [1.82, 2.24) is 5.32 Å². The Hall–Kier alpha value is -0.130. The summed E-state index contributed by atoms with van der Waals surface area (Å²) in [5.74, 6) is 1.55. The monoisotopic (exact) mass is 329 g/mol. The lowest BCUT2D eigenvalue weighted by molar-refractivity contribution is 0.0722. The average Bonchev–Trinajstić information content (AvgIpc) is 3.33. The van der Waals surface area contributed by atoms with Gasteiger partial charge in [-0.1, -0.05) is 19.3 Å². The Bertz CT molecular complexity index is 460. The number of sulfone groups is 1. The predicted octanol–water partition coefficient (Wildman–Crippen LogP) is 2.53. The zero-order valence-electron chi connectivity index (χ0n) is 13.9. The fourth-order valence-corrected chi connectivity index (χ4v) is 5.65. The van der Waals surface area contributed by atoms with Crippen LogP contribution in [0.4, 0.5) is 0 Å². The zero-order chi connectivity index (χ0) is 15.6. The third-order valence-electron chi connectivity index (χ3n) is 6.14. The van der Waals surface area contributed by atoms with Gasteiger partial charge in [-0.25, -0.2) is 8.42 Å². The molecule has 4 nitrogen and oxygen atoms in total. The van der Waals surface area contributed by atoms with E-state index in [2.05, 4.69) is 5.32 Å². The van der Waals surface area contributed by atoms with E-state index in [9.17, 15) is 8.42 Å². The normalized spacial score (nSPS) is 28.4. The highest BCUT2D eigenvalue weighted by molar-refractivity contribution is 7.92. The number of nitrogens with one attached hydrogen (secondary N) is 1. The van der Waals surface area contributed by atoms with Gasteiger partial charge in [0.15, 0.2) is 9.84 Å². The molecule has 3 rings (SSSR count). The van der Waals surface area contributed by atoms with E-state index in [1.165, 1.54) is 51.2 Å². The van der Waals surface area contributed by atoms with Gasteiger partial charge in [0.05, 0.1) is 4.75 Å². The molecule has 1 heterocycles. The Labute approximate surface area is 135 Å². The molecule has 3 aliphatic rings. The molecule has 1 saturated heterocycles. The fourth-order valence-electron chi connectivity index (χ4n) is 4.39. The lowest BCUT2D eigenvalue weighted by atomic mass is 9.81. The van der Waals surface area contributed by atoms with Gasteiger partial charge in [-0.05, 0) is 50.4 Å². The van der Waals surface area contributed by atoms with E-state index in [0.29, 0.717) is 38.6 Å². The highest BCUT2D eigenvalue weighted by atomic mass is 32.2. The molecule has 22 heavy (non-hydrogen) atoms. The van der Waals surface area contributed by atoms with Gasteiger partial charge < -0.3 is 10.1 Å². The molecule has 3 fully saturated rings. The second kappa shape index (κ2) is 6.78. The van der Waals surface area contributed by atoms with Crippen LogP contribution >= 0.6 is 0 Å². The first-order valence-corrected chi connectivity index (χ1v) is 10.9. The summed E-state index contributed by atoms with van der Waals surface area (Å²) >= 11 is 0. The van der Waals surface area contributed by atoms with Crippen LogP contribution in [0.1, 0.15) is 57.8 Å². The van der Waals surface area contributed by atoms with Crippen molar-refractivity contribution in [1.29, 1.82) is 0 Å². The van der Waals surface area contributed by atoms with Gasteiger partial charge in [0.25, 0.3) is 0 Å². The van der Waals surface area contributed by atoms with Crippen LogP contribution in [-0.2, 0) is 14.6 Å². The van der Waals surface area contributed by atoms with E-state index >= 15 is 0 Å². The lowest BCUT2D eigenvalue weighted by Crippen LogP contribution is -2.54. The molecule has 1 aliphatic heterocycles. The molecule has 0 spiro atoms. The first-order chi connectivity index (χ1) is 10.5. The van der Waals surface area contributed by atoms with E-state index in [1.807, 2.05) is 0 Å². The second-order valence-corrected chi connectivity index (χ2v) is 10.1. The zero-order valence-corrected chi connectivity index (χ0v) is 14.7. The van der Waals surface area contributed by atoms with Crippen molar-refractivity contribution < 1.29 is 13.2 Å². The summed E-state index contributed by atoms with van der Waals surface area (Å²) in [6.07, 6.45) is 12.0. The maximum absolute atomic E-state index is 12.4. The van der Waals surface area contributed by atoms with Crippen molar-refractivity contribution >= 4 is 9.84 Å². The smallest absolute Gasteiger partial charge is 0.154 e. The molecule has 0 radical (unpaired) electrons. The van der Waals surface area contributed by atoms with Gasteiger partial charge >= 0.3 is 0 Å². The van der Waals surface area contributed by atoms with Gasteiger partial charge in [0.1, 0.15) is 0 Å². The Balaban J connectivity index is 1.66. The highest BCUT2D eigenvalue weighted by Gasteiger charge is 2.44. The number of rotatable bonds is 6. The van der Waals surface area contributed by atoms with Crippen molar-refractivity contribution in [3.8, 4) is 0 Å². The van der Waals surface area contributed by atoms with Gasteiger partial charge in [-0.3, -0.25) is 0 Å². The first-order valence-electron chi connectivity index (χ1n) is 9.03. The van der Waals surface area contributed by atoms with Crippen molar-refractivity contribution in [3.63, 3.8) is 0 Å². The van der Waals surface area contributed by atoms with Crippen LogP contribution in [0.2, 0.25) is 0 Å². The van der Waals surface area contributed by atoms with Crippen LogP contribution in [0, 0.1) is 11.8 Å². The van der Waals surface area contributed by atoms with E-state index in [1.54, 1.807) is 0 Å². The molecule has 2 aliphatic carbocycles. The Morgan fingerprint density at radius 1 is 1.05 bits per heavy atom. The summed E-state index contributed by atoms with van der Waals surface area (Å²) in [7, 11) is -3.06. The summed E-state index contributed by atoms with van der Waals surface area (Å²) in [6, 6.07) is 0.543. The SMILES string of the molecule is CS(=O)(=O)C1(CNC(C2CCCCC2)C2CC2)CCOCC1. The first kappa shape index (κ1) is 16.7. The largest absolute Gasteiger partial charge is 0.381 e. The molecule has 0 amide bonds. The van der Waals surface area contributed by atoms with Crippen LogP contribution < -0.4 is 5.32 Å². The predicted molar refractivity (Wildman–Crippen MR) is 88.7 cm³/mol. The van der Waals surface area contributed by atoms with Crippen LogP contribution in [0.25, 0.3) is 0 Å². The van der Waals surface area contributed by atoms with Gasteiger partial charge in [0, 0.05) is 32.1 Å². The Kier molecular flexibility index (Phi) is 5.15. The molecule has 1 unspecified atom stereocenters. The number of hydrogen-bond acceptors (Lipinski definition) is 4. The Morgan fingerprint density at radius 3 is 2.18 bits per heavy atom. The third kappa shape index (κ3) is 3.68. The second-order valence-electron chi connectivity index (χ2n) is 7.71. The van der Waals surface area contributed by atoms with Crippen LogP contribution in [0.15, 0.2) is 0 Å². The van der Waals surface area contributed by atoms with E-state index in [-0.39, 0.29) is 0 Å². The van der Waals surface area contributed by atoms with Crippen LogP contribution in [0.3, 0.4) is 0 Å².